The molecule has 1 aromatic carbocycles. The van der Waals surface area contributed by atoms with Crippen molar-refractivity contribution in [2.75, 3.05) is 0 Å². The van der Waals surface area contributed by atoms with E-state index >= 15 is 0 Å². The van der Waals surface area contributed by atoms with E-state index in [1.54, 1.807) is 5.80 Å². The van der Waals surface area contributed by atoms with Crippen molar-refractivity contribution >= 4 is 18.3 Å². The van der Waals surface area contributed by atoms with Gasteiger partial charge >= 0.3 is 0 Å². The Balaban J connectivity index is 2.91. The summed E-state index contributed by atoms with van der Waals surface area (Å²) in [7, 11) is -1.27. The van der Waals surface area contributed by atoms with Gasteiger partial charge in [-0.05, 0) is 18.2 Å². The molecule has 2 heteroatoms. The Labute approximate surface area is 66.1 Å². The molecule has 0 aliphatic carbocycles. The van der Waals surface area contributed by atoms with Crippen molar-refractivity contribution < 1.29 is 4.89 Å². The molecule has 11 heavy (non-hydrogen) atoms. The minimum atomic E-state index is -1.27. The van der Waals surface area contributed by atoms with E-state index in [0.717, 1.165) is 10.5 Å². The summed E-state index contributed by atoms with van der Waals surface area (Å²) in [5, 5.41) is 2.03. The van der Waals surface area contributed by atoms with Crippen LogP contribution in [0.5, 0.6) is 0 Å². The minimum Gasteiger partial charge on any atom is -0.626 e. The van der Waals surface area contributed by atoms with Crippen LogP contribution in [0, 0.1) is 0 Å². The standard InChI is InChI=1S/C9H7OP/c10-11-7-3-5-8-4-1-2-6-9(8)11/h1-7H. The van der Waals surface area contributed by atoms with Crippen LogP contribution in [-0.2, 0) is 0 Å². The van der Waals surface area contributed by atoms with E-state index in [9.17, 15) is 4.89 Å². The average Bonchev–Trinajstić information content (AvgIpc) is 2.06. The zero-order valence-electron chi connectivity index (χ0n) is 5.90. The molecule has 0 aliphatic rings. The van der Waals surface area contributed by atoms with Gasteiger partial charge in [-0.1, -0.05) is 18.2 Å². The lowest BCUT2D eigenvalue weighted by molar-refractivity contribution is -0.149. The molecule has 1 heterocycles. The maximum absolute atomic E-state index is 11.3. The van der Waals surface area contributed by atoms with E-state index in [1.165, 1.54) is 0 Å². The van der Waals surface area contributed by atoms with Gasteiger partial charge in [0.25, 0.3) is 0 Å². The molecule has 2 aromatic rings. The molecule has 1 atom stereocenters. The van der Waals surface area contributed by atoms with E-state index in [-0.39, 0.29) is 0 Å². The molecule has 2 rings (SSSR count). The topological polar surface area (TPSA) is 23.1 Å². The van der Waals surface area contributed by atoms with Crippen LogP contribution in [0.4, 0.5) is 0 Å². The van der Waals surface area contributed by atoms with E-state index in [4.69, 9.17) is 0 Å². The van der Waals surface area contributed by atoms with Crippen molar-refractivity contribution in [3.05, 3.63) is 42.2 Å². The first-order valence-electron chi connectivity index (χ1n) is 3.45. The smallest absolute Gasteiger partial charge is 0.152 e. The van der Waals surface area contributed by atoms with E-state index in [0.29, 0.717) is 0 Å². The summed E-state index contributed by atoms with van der Waals surface area (Å²) < 4.78 is 0. The number of fused-ring (bicyclic) bond motifs is 1. The Morgan fingerprint density at radius 1 is 1.00 bits per heavy atom. The highest BCUT2D eigenvalue weighted by atomic mass is 31.1. The van der Waals surface area contributed by atoms with Crippen LogP contribution in [0.1, 0.15) is 0 Å². The summed E-state index contributed by atoms with van der Waals surface area (Å²) in [6.07, 6.45) is 0. The van der Waals surface area contributed by atoms with Crippen molar-refractivity contribution in [3.8, 4) is 0 Å². The highest BCUT2D eigenvalue weighted by Crippen LogP contribution is 2.28. The molecule has 1 nitrogen and oxygen atoms in total. The Hall–Kier alpha value is -0.910. The van der Waals surface area contributed by atoms with Crippen molar-refractivity contribution in [1.29, 1.82) is 0 Å². The molecular weight excluding hydrogens is 155 g/mol. The summed E-state index contributed by atoms with van der Waals surface area (Å²) in [6, 6.07) is 11.6. The van der Waals surface area contributed by atoms with Gasteiger partial charge in [0, 0.05) is 5.39 Å². The maximum Gasteiger partial charge on any atom is 0.152 e. The Morgan fingerprint density at radius 2 is 1.73 bits per heavy atom. The fourth-order valence-corrected chi connectivity index (χ4v) is 2.17. The lowest BCUT2D eigenvalue weighted by atomic mass is 10.2. The second-order valence-electron chi connectivity index (χ2n) is 2.39. The Morgan fingerprint density at radius 3 is 2.55 bits per heavy atom. The molecule has 1 unspecified atom stereocenters. The summed E-state index contributed by atoms with van der Waals surface area (Å²) in [5.41, 5.74) is 0. The van der Waals surface area contributed by atoms with Gasteiger partial charge in [-0.3, -0.25) is 0 Å². The van der Waals surface area contributed by atoms with E-state index in [1.807, 2.05) is 36.4 Å². The molecule has 0 radical (unpaired) electrons. The molecular formula is C9H7OP. The Bertz CT molecular complexity index is 379. The molecule has 1 aromatic heterocycles. The molecule has 0 N–H and O–H groups in total. The average molecular weight is 162 g/mol. The van der Waals surface area contributed by atoms with Crippen LogP contribution in [-0.4, -0.2) is 0 Å². The van der Waals surface area contributed by atoms with Crippen LogP contribution < -0.4 is 4.89 Å². The SMILES string of the molecule is [O-][p+]1cccc2ccccc21. The second-order valence-corrected chi connectivity index (χ2v) is 3.82. The van der Waals surface area contributed by atoms with Gasteiger partial charge in [0.05, 0.1) is 7.76 Å². The fourth-order valence-electron chi connectivity index (χ4n) is 1.13. The molecule has 0 saturated carbocycles. The van der Waals surface area contributed by atoms with Gasteiger partial charge in [0.1, 0.15) is 5.80 Å². The van der Waals surface area contributed by atoms with Crippen LogP contribution in [0.15, 0.2) is 42.2 Å². The highest BCUT2D eigenvalue weighted by molar-refractivity contribution is 7.47. The summed E-state index contributed by atoms with van der Waals surface area (Å²) >= 11 is 0. The molecule has 0 bridgehead atoms. The van der Waals surface area contributed by atoms with Gasteiger partial charge in [-0.2, -0.15) is 0 Å². The van der Waals surface area contributed by atoms with Crippen molar-refractivity contribution in [3.63, 3.8) is 0 Å². The normalized spacial score (nSPS) is 11.9. The third-order valence-electron chi connectivity index (χ3n) is 1.67. The van der Waals surface area contributed by atoms with Crippen LogP contribution in [0.25, 0.3) is 10.5 Å². The van der Waals surface area contributed by atoms with E-state index < -0.39 is 7.76 Å². The maximum atomic E-state index is 11.3. The zero-order valence-corrected chi connectivity index (χ0v) is 6.79. The first-order valence-corrected chi connectivity index (χ1v) is 4.78. The molecule has 0 saturated heterocycles. The lowest BCUT2D eigenvalue weighted by Gasteiger charge is -1.94. The summed E-state index contributed by atoms with van der Waals surface area (Å²) in [5.74, 6) is 1.73. The van der Waals surface area contributed by atoms with Crippen molar-refractivity contribution in [1.82, 2.24) is 0 Å². The van der Waals surface area contributed by atoms with Gasteiger partial charge in [-0.25, -0.2) is 0 Å². The van der Waals surface area contributed by atoms with Crippen LogP contribution in [0.3, 0.4) is 0 Å². The fraction of sp³-hybridized carbons (Fsp3) is 0. The van der Waals surface area contributed by atoms with Crippen LogP contribution in [0.2, 0.25) is 0 Å². The number of benzene rings is 1. The van der Waals surface area contributed by atoms with Gasteiger partial charge in [-0.15, -0.1) is 0 Å². The van der Waals surface area contributed by atoms with Gasteiger partial charge in [0.15, 0.2) is 5.12 Å². The summed E-state index contributed by atoms with van der Waals surface area (Å²) in [4.78, 5) is 11.3. The number of rotatable bonds is 0. The third kappa shape index (κ3) is 1.13. The predicted octanol–water partition coefficient (Wildman–Crippen LogP) is 2.23. The monoisotopic (exact) mass is 162 g/mol. The highest BCUT2D eigenvalue weighted by Gasteiger charge is 1.98. The van der Waals surface area contributed by atoms with E-state index in [2.05, 4.69) is 0 Å². The quantitative estimate of drug-likeness (QED) is 0.582. The summed E-state index contributed by atoms with van der Waals surface area (Å²) in [6.45, 7) is 0. The predicted molar refractivity (Wildman–Crippen MR) is 46.5 cm³/mol. The largest absolute Gasteiger partial charge is 0.626 e. The molecule has 0 spiro atoms. The molecule has 54 valence electrons. The van der Waals surface area contributed by atoms with Crippen molar-refractivity contribution in [2.45, 2.75) is 0 Å². The van der Waals surface area contributed by atoms with Gasteiger partial charge < -0.3 is 4.89 Å². The van der Waals surface area contributed by atoms with Crippen LogP contribution >= 0.6 is 7.76 Å². The number of hydrogen-bond acceptors (Lipinski definition) is 1. The lowest BCUT2D eigenvalue weighted by Crippen LogP contribution is -1.82. The third-order valence-corrected chi connectivity index (χ3v) is 3.00. The molecule has 0 fully saturated rings. The molecule has 0 aliphatic heterocycles. The first kappa shape index (κ1) is 6.78. The Kier molecular flexibility index (Phi) is 1.61. The van der Waals surface area contributed by atoms with Crippen molar-refractivity contribution in [2.24, 2.45) is 0 Å². The zero-order chi connectivity index (χ0) is 7.68. The minimum absolute atomic E-state index is 0.949. The van der Waals surface area contributed by atoms with Gasteiger partial charge in [0.2, 0.25) is 0 Å². The first-order chi connectivity index (χ1) is 5.38. The number of hydrogen-bond donors (Lipinski definition) is 0. The second kappa shape index (κ2) is 2.61. The molecule has 0 amide bonds.